The predicted molar refractivity (Wildman–Crippen MR) is 164 cm³/mol. The number of piperazine rings is 1. The molecule has 214 valence electrons. The van der Waals surface area contributed by atoms with E-state index in [-0.39, 0.29) is 45.5 Å². The fraction of sp³-hybridized carbons (Fsp3) is 0.281. The van der Waals surface area contributed by atoms with Crippen LogP contribution in [0.3, 0.4) is 0 Å². The van der Waals surface area contributed by atoms with Gasteiger partial charge >= 0.3 is 0 Å². The average molecular weight is 585 g/mol. The molecule has 0 unspecified atom stereocenters. The molecule has 8 nitrogen and oxygen atoms in total. The third kappa shape index (κ3) is 4.82. The van der Waals surface area contributed by atoms with Crippen molar-refractivity contribution < 1.29 is 9.18 Å². The Balaban J connectivity index is 1.89. The molecule has 1 aromatic carbocycles. The molecule has 1 aliphatic rings. The molecule has 0 aliphatic carbocycles. The number of carbonyl (C=O) groups is 1. The maximum Gasteiger partial charge on any atom is 0.274 e. The molecule has 4 heterocycles. The number of pyridine rings is 3. The first-order valence-electron chi connectivity index (χ1n) is 13.6. The SMILES string of the molecule is [C-]#[N+]c1c(N2CCN(C(=O)C=C)[C@@H](C)C2)c2cc(Cl)c(-c3ccccc3F)nc2n(-c2c(C)ccnc2C(C)C)c1=O. The lowest BCUT2D eigenvalue weighted by atomic mass is 10.0. The molecule has 1 amide bonds. The number of carbonyl (C=O) groups excluding carboxylic acids is 1. The van der Waals surface area contributed by atoms with Crippen LogP contribution in [0.5, 0.6) is 0 Å². The second-order valence-electron chi connectivity index (χ2n) is 10.7. The van der Waals surface area contributed by atoms with E-state index < -0.39 is 11.4 Å². The molecule has 42 heavy (non-hydrogen) atoms. The van der Waals surface area contributed by atoms with E-state index in [1.165, 1.54) is 16.7 Å². The van der Waals surface area contributed by atoms with Crippen molar-refractivity contribution in [3.8, 4) is 16.9 Å². The van der Waals surface area contributed by atoms with Crippen LogP contribution in [0.15, 0.2) is 60.0 Å². The summed E-state index contributed by atoms with van der Waals surface area (Å²) < 4.78 is 16.4. The minimum absolute atomic E-state index is 0.0485. The second kappa shape index (κ2) is 11.4. The van der Waals surface area contributed by atoms with Crippen LogP contribution < -0.4 is 10.5 Å². The fourth-order valence-corrected chi connectivity index (χ4v) is 5.87. The Labute approximate surface area is 248 Å². The summed E-state index contributed by atoms with van der Waals surface area (Å²) in [6, 6.07) is 9.41. The highest BCUT2D eigenvalue weighted by molar-refractivity contribution is 6.34. The summed E-state index contributed by atoms with van der Waals surface area (Å²) in [7, 11) is 0. The van der Waals surface area contributed by atoms with Crippen LogP contribution >= 0.6 is 11.6 Å². The highest BCUT2D eigenvalue weighted by Gasteiger charge is 2.32. The molecule has 0 saturated carbocycles. The largest absolute Gasteiger partial charge is 0.376 e. The van der Waals surface area contributed by atoms with Gasteiger partial charge in [0.2, 0.25) is 5.91 Å². The van der Waals surface area contributed by atoms with E-state index in [1.807, 2.05) is 32.6 Å². The average Bonchev–Trinajstić information content (AvgIpc) is 2.96. The zero-order valence-corrected chi connectivity index (χ0v) is 24.6. The van der Waals surface area contributed by atoms with Crippen LogP contribution in [0, 0.1) is 19.3 Å². The van der Waals surface area contributed by atoms with E-state index in [9.17, 15) is 14.0 Å². The van der Waals surface area contributed by atoms with Crippen molar-refractivity contribution in [2.24, 2.45) is 0 Å². The van der Waals surface area contributed by atoms with Crippen molar-refractivity contribution in [2.45, 2.75) is 39.7 Å². The molecule has 0 N–H and O–H groups in total. The van der Waals surface area contributed by atoms with Gasteiger partial charge in [-0.3, -0.25) is 19.1 Å². The summed E-state index contributed by atoms with van der Waals surface area (Å²) in [5.74, 6) is -0.733. The number of amides is 1. The first-order valence-corrected chi connectivity index (χ1v) is 14.0. The van der Waals surface area contributed by atoms with E-state index in [2.05, 4.69) is 16.4 Å². The van der Waals surface area contributed by atoms with Crippen molar-refractivity contribution in [2.75, 3.05) is 24.5 Å². The molecular weight excluding hydrogens is 555 g/mol. The van der Waals surface area contributed by atoms with Crippen LogP contribution in [0.25, 0.3) is 32.8 Å². The van der Waals surface area contributed by atoms with Crippen LogP contribution in [0.1, 0.15) is 37.9 Å². The number of hydrogen-bond acceptors (Lipinski definition) is 5. The molecule has 0 bridgehead atoms. The van der Waals surface area contributed by atoms with Gasteiger partial charge in [-0.25, -0.2) is 14.2 Å². The monoisotopic (exact) mass is 584 g/mol. The van der Waals surface area contributed by atoms with Gasteiger partial charge in [0.25, 0.3) is 11.2 Å². The van der Waals surface area contributed by atoms with E-state index >= 15 is 0 Å². The van der Waals surface area contributed by atoms with Gasteiger partial charge in [0.1, 0.15) is 11.5 Å². The van der Waals surface area contributed by atoms with E-state index in [1.54, 1.807) is 41.4 Å². The Morgan fingerprint density at radius 3 is 2.62 bits per heavy atom. The van der Waals surface area contributed by atoms with Gasteiger partial charge in [-0.05, 0) is 55.7 Å². The lowest BCUT2D eigenvalue weighted by Crippen LogP contribution is -2.54. The molecule has 5 rings (SSSR count). The molecule has 10 heteroatoms. The lowest BCUT2D eigenvalue weighted by molar-refractivity contribution is -0.128. The number of benzene rings is 1. The summed E-state index contributed by atoms with van der Waals surface area (Å²) >= 11 is 6.79. The van der Waals surface area contributed by atoms with Gasteiger partial charge in [0.15, 0.2) is 0 Å². The number of aryl methyl sites for hydroxylation is 1. The molecule has 3 aromatic heterocycles. The Bertz CT molecular complexity index is 1840. The van der Waals surface area contributed by atoms with Gasteiger partial charge in [0.05, 0.1) is 34.4 Å². The van der Waals surface area contributed by atoms with Crippen molar-refractivity contribution >= 4 is 39.9 Å². The zero-order valence-electron chi connectivity index (χ0n) is 23.9. The predicted octanol–water partition coefficient (Wildman–Crippen LogP) is 6.45. The number of nitrogens with zero attached hydrogens (tertiary/aromatic N) is 6. The number of halogens is 2. The molecule has 0 spiro atoms. The Morgan fingerprint density at radius 2 is 1.98 bits per heavy atom. The second-order valence-corrected chi connectivity index (χ2v) is 11.1. The molecule has 0 radical (unpaired) electrons. The number of hydrogen-bond donors (Lipinski definition) is 0. The smallest absolute Gasteiger partial charge is 0.274 e. The standard InChI is InChI=1S/C32H30ClFN6O2/c1-7-25(41)39-15-14-38(17-20(39)5)30-22-16-23(33)27(21-10-8-9-11-24(21)34)37-31(22)40(32(42)28(30)35-6)29-19(4)12-13-36-26(29)18(2)3/h7-13,16,18,20H,1,14-15,17H2,2-5H3/t20-/m0/s1. The number of fused-ring (bicyclic) bond motifs is 1. The Morgan fingerprint density at radius 1 is 1.24 bits per heavy atom. The Kier molecular flexibility index (Phi) is 7.85. The summed E-state index contributed by atoms with van der Waals surface area (Å²) in [6.45, 7) is 20.6. The zero-order chi connectivity index (χ0) is 30.3. The van der Waals surface area contributed by atoms with Gasteiger partial charge in [-0.15, -0.1) is 0 Å². The highest BCUT2D eigenvalue weighted by Crippen LogP contribution is 2.40. The van der Waals surface area contributed by atoms with Crippen molar-refractivity contribution in [3.63, 3.8) is 0 Å². The number of rotatable bonds is 5. The van der Waals surface area contributed by atoms with Crippen molar-refractivity contribution in [3.05, 3.63) is 99.1 Å². The highest BCUT2D eigenvalue weighted by atomic mass is 35.5. The molecule has 4 aromatic rings. The van der Waals surface area contributed by atoms with Crippen molar-refractivity contribution in [1.29, 1.82) is 0 Å². The molecule has 1 saturated heterocycles. The molecule has 1 fully saturated rings. The minimum atomic E-state index is -0.558. The fourth-order valence-electron chi connectivity index (χ4n) is 5.62. The van der Waals surface area contributed by atoms with E-state index in [4.69, 9.17) is 23.2 Å². The van der Waals surface area contributed by atoms with Gasteiger partial charge in [-0.2, -0.15) is 0 Å². The first-order chi connectivity index (χ1) is 20.1. The van der Waals surface area contributed by atoms with Crippen LogP contribution in [-0.4, -0.2) is 51.0 Å². The van der Waals surface area contributed by atoms with Crippen LogP contribution in [-0.2, 0) is 4.79 Å². The molecular formula is C32H30ClFN6O2. The quantitative estimate of drug-likeness (QED) is 0.199. The first kappa shape index (κ1) is 29.0. The Hall–Kier alpha value is -4.55. The van der Waals surface area contributed by atoms with Crippen LogP contribution in [0.4, 0.5) is 15.8 Å². The van der Waals surface area contributed by atoms with Crippen molar-refractivity contribution in [1.82, 2.24) is 19.4 Å². The van der Waals surface area contributed by atoms with Gasteiger partial charge in [-0.1, -0.05) is 44.2 Å². The molecule has 1 atom stereocenters. The maximum atomic E-state index is 15.0. The third-order valence-electron chi connectivity index (χ3n) is 7.62. The molecule has 1 aliphatic heterocycles. The maximum absolute atomic E-state index is 15.0. The summed E-state index contributed by atoms with van der Waals surface area (Å²) in [5, 5.41) is 0.648. The summed E-state index contributed by atoms with van der Waals surface area (Å²) in [4.78, 5) is 43.6. The van der Waals surface area contributed by atoms with E-state index in [0.717, 1.165) is 5.56 Å². The van der Waals surface area contributed by atoms with E-state index in [0.29, 0.717) is 42.1 Å². The number of anilines is 1. The summed E-state index contributed by atoms with van der Waals surface area (Å²) in [5.41, 5.74) is 2.32. The third-order valence-corrected chi connectivity index (χ3v) is 7.91. The van der Waals surface area contributed by atoms with Crippen LogP contribution in [0.2, 0.25) is 5.02 Å². The topological polar surface area (TPSA) is 75.7 Å². The normalized spacial score (nSPS) is 15.2. The lowest BCUT2D eigenvalue weighted by Gasteiger charge is -2.41. The van der Waals surface area contributed by atoms with Gasteiger partial charge in [0, 0.05) is 42.8 Å². The van der Waals surface area contributed by atoms with Gasteiger partial charge < -0.3 is 9.80 Å². The summed E-state index contributed by atoms with van der Waals surface area (Å²) in [6.07, 6.45) is 2.97. The number of aromatic nitrogens is 3. The minimum Gasteiger partial charge on any atom is -0.376 e.